The van der Waals surface area contributed by atoms with E-state index in [0.717, 1.165) is 12.0 Å². The van der Waals surface area contributed by atoms with Gasteiger partial charge in [-0.25, -0.2) is 8.42 Å². The first-order valence-corrected chi connectivity index (χ1v) is 8.97. The lowest BCUT2D eigenvalue weighted by Gasteiger charge is -2.09. The second-order valence-electron chi connectivity index (χ2n) is 5.34. The Bertz CT molecular complexity index is 728. The Labute approximate surface area is 130 Å². The van der Waals surface area contributed by atoms with Crippen LogP contribution >= 0.6 is 0 Å². The van der Waals surface area contributed by atoms with Crippen LogP contribution in [0.15, 0.2) is 29.8 Å². The first-order chi connectivity index (χ1) is 10.4. The lowest BCUT2D eigenvalue weighted by Crippen LogP contribution is -2.36. The standard InChI is InChI=1S/C16H18N2O3S/c1-2-12-3-5-13(6-4-12)9-14(10-17)16(19)18-15-7-8-22(20,21)11-15/h3-6,9,15H,2,7-8,11H2,1H3,(H,18,19)/b14-9+/t15-/m0/s1. The Kier molecular flexibility index (Phi) is 4.99. The van der Waals surface area contributed by atoms with Crippen molar-refractivity contribution in [1.82, 2.24) is 5.32 Å². The number of aryl methyl sites for hydroxylation is 1. The first-order valence-electron chi connectivity index (χ1n) is 7.15. The lowest BCUT2D eigenvalue weighted by molar-refractivity contribution is -0.117. The number of sulfone groups is 1. The molecule has 0 spiro atoms. The summed E-state index contributed by atoms with van der Waals surface area (Å²) in [6.45, 7) is 2.05. The van der Waals surface area contributed by atoms with Crippen LogP contribution in [-0.2, 0) is 21.1 Å². The zero-order valence-electron chi connectivity index (χ0n) is 12.4. The predicted molar refractivity (Wildman–Crippen MR) is 84.6 cm³/mol. The summed E-state index contributed by atoms with van der Waals surface area (Å²) < 4.78 is 22.8. The van der Waals surface area contributed by atoms with Crippen LogP contribution in [0.25, 0.3) is 6.08 Å². The number of rotatable bonds is 4. The number of nitrogens with one attached hydrogen (secondary N) is 1. The fourth-order valence-corrected chi connectivity index (χ4v) is 4.01. The lowest BCUT2D eigenvalue weighted by atomic mass is 10.1. The molecule has 0 aliphatic carbocycles. The van der Waals surface area contributed by atoms with E-state index in [2.05, 4.69) is 12.2 Å². The average molecular weight is 318 g/mol. The molecule has 116 valence electrons. The molecule has 6 heteroatoms. The maximum Gasteiger partial charge on any atom is 0.262 e. The van der Waals surface area contributed by atoms with Gasteiger partial charge in [-0.1, -0.05) is 31.2 Å². The Morgan fingerprint density at radius 2 is 2.09 bits per heavy atom. The van der Waals surface area contributed by atoms with Crippen molar-refractivity contribution in [2.24, 2.45) is 0 Å². The highest BCUT2D eigenvalue weighted by Gasteiger charge is 2.29. The fourth-order valence-electron chi connectivity index (χ4n) is 2.34. The van der Waals surface area contributed by atoms with Crippen molar-refractivity contribution in [3.63, 3.8) is 0 Å². The van der Waals surface area contributed by atoms with E-state index in [1.54, 1.807) is 0 Å². The molecular weight excluding hydrogens is 300 g/mol. The fraction of sp³-hybridized carbons (Fsp3) is 0.375. The Morgan fingerprint density at radius 1 is 1.41 bits per heavy atom. The monoisotopic (exact) mass is 318 g/mol. The van der Waals surface area contributed by atoms with Crippen molar-refractivity contribution < 1.29 is 13.2 Å². The van der Waals surface area contributed by atoms with E-state index < -0.39 is 21.8 Å². The maximum atomic E-state index is 12.1. The van der Waals surface area contributed by atoms with Gasteiger partial charge in [-0.05, 0) is 30.0 Å². The number of hydrogen-bond donors (Lipinski definition) is 1. The van der Waals surface area contributed by atoms with Gasteiger partial charge in [0.05, 0.1) is 11.5 Å². The molecule has 0 bridgehead atoms. The second kappa shape index (κ2) is 6.75. The molecule has 0 aromatic heterocycles. The average Bonchev–Trinajstić information content (AvgIpc) is 2.84. The van der Waals surface area contributed by atoms with Crippen LogP contribution in [0.4, 0.5) is 0 Å². The van der Waals surface area contributed by atoms with E-state index in [-0.39, 0.29) is 17.1 Å². The highest BCUT2D eigenvalue weighted by atomic mass is 32.2. The Hall–Kier alpha value is -2.13. The highest BCUT2D eigenvalue weighted by Crippen LogP contribution is 2.13. The summed E-state index contributed by atoms with van der Waals surface area (Å²) in [7, 11) is -3.06. The van der Waals surface area contributed by atoms with E-state index in [4.69, 9.17) is 5.26 Å². The number of nitrogens with zero attached hydrogens (tertiary/aromatic N) is 1. The molecule has 1 atom stereocenters. The van der Waals surface area contributed by atoms with Crippen LogP contribution in [0.3, 0.4) is 0 Å². The van der Waals surface area contributed by atoms with Gasteiger partial charge in [0.25, 0.3) is 5.91 Å². The number of benzene rings is 1. The number of amides is 1. The van der Waals surface area contributed by atoms with Crippen molar-refractivity contribution in [2.45, 2.75) is 25.8 Å². The van der Waals surface area contributed by atoms with Gasteiger partial charge in [0, 0.05) is 6.04 Å². The van der Waals surface area contributed by atoms with E-state index in [9.17, 15) is 13.2 Å². The van der Waals surface area contributed by atoms with Crippen molar-refractivity contribution >= 4 is 21.8 Å². The molecule has 0 unspecified atom stereocenters. The summed E-state index contributed by atoms with van der Waals surface area (Å²) in [5.74, 6) is -0.492. The SMILES string of the molecule is CCc1ccc(/C=C(\C#N)C(=O)N[C@H]2CCS(=O)(=O)C2)cc1. The van der Waals surface area contributed by atoms with Crippen molar-refractivity contribution in [1.29, 1.82) is 5.26 Å². The number of hydrogen-bond acceptors (Lipinski definition) is 4. The summed E-state index contributed by atoms with van der Waals surface area (Å²) >= 11 is 0. The molecule has 1 amide bonds. The summed E-state index contributed by atoms with van der Waals surface area (Å²) in [6, 6.07) is 9.06. The molecule has 1 saturated heterocycles. The topological polar surface area (TPSA) is 87.0 Å². The Balaban J connectivity index is 2.08. The normalized spacial score (nSPS) is 20.4. The molecule has 1 heterocycles. The minimum atomic E-state index is -3.06. The quantitative estimate of drug-likeness (QED) is 0.672. The number of carbonyl (C=O) groups is 1. The van der Waals surface area contributed by atoms with Crippen LogP contribution in [-0.4, -0.2) is 31.9 Å². The van der Waals surface area contributed by atoms with Crippen LogP contribution in [0.2, 0.25) is 0 Å². The van der Waals surface area contributed by atoms with E-state index >= 15 is 0 Å². The number of nitriles is 1. The van der Waals surface area contributed by atoms with Gasteiger partial charge in [-0.15, -0.1) is 0 Å². The minimum absolute atomic E-state index is 0.0199. The van der Waals surface area contributed by atoms with E-state index in [1.807, 2.05) is 30.3 Å². The van der Waals surface area contributed by atoms with Crippen molar-refractivity contribution in [3.8, 4) is 6.07 Å². The van der Waals surface area contributed by atoms with Gasteiger partial charge in [-0.3, -0.25) is 4.79 Å². The molecule has 1 N–H and O–H groups in total. The summed E-state index contributed by atoms with van der Waals surface area (Å²) in [5.41, 5.74) is 1.92. The van der Waals surface area contributed by atoms with Crippen LogP contribution in [0.1, 0.15) is 24.5 Å². The van der Waals surface area contributed by atoms with Gasteiger partial charge in [0.1, 0.15) is 11.6 Å². The molecule has 5 nitrogen and oxygen atoms in total. The Morgan fingerprint density at radius 3 is 2.59 bits per heavy atom. The van der Waals surface area contributed by atoms with Crippen LogP contribution in [0.5, 0.6) is 0 Å². The highest BCUT2D eigenvalue weighted by molar-refractivity contribution is 7.91. The van der Waals surface area contributed by atoms with Gasteiger partial charge in [-0.2, -0.15) is 5.26 Å². The smallest absolute Gasteiger partial charge is 0.262 e. The van der Waals surface area contributed by atoms with E-state index in [0.29, 0.717) is 6.42 Å². The molecule has 2 rings (SSSR count). The maximum absolute atomic E-state index is 12.1. The van der Waals surface area contributed by atoms with Crippen molar-refractivity contribution in [3.05, 3.63) is 41.0 Å². The minimum Gasteiger partial charge on any atom is -0.348 e. The molecular formula is C16H18N2O3S. The molecule has 1 aromatic rings. The summed E-state index contributed by atoms with van der Waals surface area (Å²) in [4.78, 5) is 12.1. The largest absolute Gasteiger partial charge is 0.348 e. The predicted octanol–water partition coefficient (Wildman–Crippen LogP) is 1.46. The first kappa shape index (κ1) is 16.2. The third-order valence-corrected chi connectivity index (χ3v) is 5.40. The van der Waals surface area contributed by atoms with Gasteiger partial charge < -0.3 is 5.32 Å². The van der Waals surface area contributed by atoms with Gasteiger partial charge in [0.15, 0.2) is 9.84 Å². The zero-order valence-corrected chi connectivity index (χ0v) is 13.2. The van der Waals surface area contributed by atoms with Crippen LogP contribution in [0, 0.1) is 11.3 Å². The molecule has 1 aliphatic heterocycles. The second-order valence-corrected chi connectivity index (χ2v) is 7.57. The summed E-state index contributed by atoms with van der Waals surface area (Å²) in [6.07, 6.45) is 2.84. The molecule has 0 radical (unpaired) electrons. The van der Waals surface area contributed by atoms with Crippen molar-refractivity contribution in [2.75, 3.05) is 11.5 Å². The molecule has 22 heavy (non-hydrogen) atoms. The van der Waals surface area contributed by atoms with Gasteiger partial charge in [0.2, 0.25) is 0 Å². The number of carbonyl (C=O) groups excluding carboxylic acids is 1. The van der Waals surface area contributed by atoms with E-state index in [1.165, 1.54) is 11.6 Å². The molecule has 1 aromatic carbocycles. The third-order valence-electron chi connectivity index (χ3n) is 3.63. The van der Waals surface area contributed by atoms with Gasteiger partial charge >= 0.3 is 0 Å². The third kappa shape index (κ3) is 4.18. The molecule has 0 saturated carbocycles. The zero-order chi connectivity index (χ0) is 16.2. The van der Waals surface area contributed by atoms with Crippen LogP contribution < -0.4 is 5.32 Å². The molecule has 1 aliphatic rings. The molecule has 1 fully saturated rings. The summed E-state index contributed by atoms with van der Waals surface area (Å²) in [5, 5.41) is 11.8.